The first kappa shape index (κ1) is 9.98. The van der Waals surface area contributed by atoms with Crippen molar-refractivity contribution in [3.8, 4) is 0 Å². The lowest BCUT2D eigenvalue weighted by atomic mass is 10.5. The Balaban J connectivity index is 3.22. The van der Waals surface area contributed by atoms with E-state index in [9.17, 15) is 4.57 Å². The van der Waals surface area contributed by atoms with Gasteiger partial charge in [0, 0.05) is 4.57 Å². The summed E-state index contributed by atoms with van der Waals surface area (Å²) in [4.78, 5) is 4.55. The molecule has 0 aliphatic rings. The molecule has 0 radical (unpaired) electrons. The van der Waals surface area contributed by atoms with Gasteiger partial charge in [-0.1, -0.05) is 0 Å². The molecule has 0 amide bonds. The van der Waals surface area contributed by atoms with E-state index in [0.717, 1.165) is 0 Å². The van der Waals surface area contributed by atoms with Gasteiger partial charge in [-0.15, -0.1) is 4.52 Å². The van der Waals surface area contributed by atoms with E-state index in [1.54, 1.807) is 20.8 Å². The quantitative estimate of drug-likeness (QED) is 0.357. The van der Waals surface area contributed by atoms with E-state index in [4.69, 9.17) is 0 Å². The molecule has 0 fully saturated rings. The van der Waals surface area contributed by atoms with Gasteiger partial charge in [0.2, 0.25) is 0 Å². The van der Waals surface area contributed by atoms with Gasteiger partial charge in [-0.3, -0.25) is 0 Å². The minimum atomic E-state index is -2.09. The van der Waals surface area contributed by atoms with Gasteiger partial charge in [-0.05, 0) is 20.8 Å². The summed E-state index contributed by atoms with van der Waals surface area (Å²) < 4.78 is 19.4. The third-order valence-electron chi connectivity index (χ3n) is 0.531. The molecule has 4 nitrogen and oxygen atoms in total. The van der Waals surface area contributed by atoms with Gasteiger partial charge in [-0.25, -0.2) is 0 Å². The molecule has 0 saturated heterocycles. The van der Waals surface area contributed by atoms with Crippen LogP contribution in [-0.4, -0.2) is 12.7 Å². The van der Waals surface area contributed by atoms with Gasteiger partial charge in [0.1, 0.15) is 6.61 Å². The fraction of sp³-hybridized carbons (Fsp3) is 1.00. The Bertz CT molecular complexity index is 104. The van der Waals surface area contributed by atoms with E-state index in [2.05, 4.69) is 14.1 Å². The van der Waals surface area contributed by atoms with Crippen molar-refractivity contribution in [3.63, 3.8) is 0 Å². The summed E-state index contributed by atoms with van der Waals surface area (Å²) >= 11 is 0. The molecule has 0 aromatic heterocycles. The molecule has 0 bridgehead atoms. The number of hydrogen-bond acceptors (Lipinski definition) is 4. The number of rotatable bonds is 5. The van der Waals surface area contributed by atoms with Crippen molar-refractivity contribution < 1.29 is 18.7 Å². The van der Waals surface area contributed by atoms with E-state index < -0.39 is 8.25 Å². The molecule has 0 saturated carbocycles. The molecule has 0 heterocycles. The maximum absolute atomic E-state index is 10.5. The minimum Gasteiger partial charge on any atom is -0.184 e. The monoisotopic (exact) mass is 167 g/mol. The zero-order chi connectivity index (χ0) is 7.98. The van der Waals surface area contributed by atoms with Crippen molar-refractivity contribution in [1.82, 2.24) is 0 Å². The molecule has 5 heteroatoms. The van der Waals surface area contributed by atoms with Crippen LogP contribution in [0.2, 0.25) is 0 Å². The molecule has 60 valence electrons. The SMILES string of the molecule is CCO[P+](=O)OOC(C)C. The standard InChI is InChI=1S/C5H12O4P/c1-4-7-10(6)9-8-5(2)3/h5H,4H2,1-3H3/q+1. The van der Waals surface area contributed by atoms with Crippen molar-refractivity contribution in [2.45, 2.75) is 26.9 Å². The van der Waals surface area contributed by atoms with Gasteiger partial charge in [0.05, 0.1) is 10.8 Å². The molecule has 0 N–H and O–H groups in total. The smallest absolute Gasteiger partial charge is 0.184 e. The van der Waals surface area contributed by atoms with Gasteiger partial charge in [-0.2, -0.15) is 4.89 Å². The Morgan fingerprint density at radius 1 is 1.50 bits per heavy atom. The lowest BCUT2D eigenvalue weighted by Gasteiger charge is -1.94. The fourth-order valence-electron chi connectivity index (χ4n) is 0.248. The van der Waals surface area contributed by atoms with Crippen LogP contribution in [0.5, 0.6) is 0 Å². The summed E-state index contributed by atoms with van der Waals surface area (Å²) in [6, 6.07) is 0. The highest BCUT2D eigenvalue weighted by Gasteiger charge is 2.21. The van der Waals surface area contributed by atoms with Crippen LogP contribution in [0.4, 0.5) is 0 Å². The fourth-order valence-corrected chi connectivity index (χ4v) is 0.744. The largest absolute Gasteiger partial charge is 0.728 e. The van der Waals surface area contributed by atoms with Crippen LogP contribution >= 0.6 is 8.25 Å². The average Bonchev–Trinajstić information content (AvgIpc) is 1.85. The molecule has 0 aliphatic heterocycles. The van der Waals surface area contributed by atoms with E-state index in [-0.39, 0.29) is 6.10 Å². The number of hydrogen-bond donors (Lipinski definition) is 0. The normalized spacial score (nSPS) is 12.2. The molecular formula is C5H12O4P+. The zero-order valence-corrected chi connectivity index (χ0v) is 7.26. The molecule has 0 spiro atoms. The Morgan fingerprint density at radius 2 is 2.10 bits per heavy atom. The van der Waals surface area contributed by atoms with Crippen LogP contribution in [0.1, 0.15) is 20.8 Å². The van der Waals surface area contributed by atoms with Crippen LogP contribution in [0.15, 0.2) is 0 Å². The first-order chi connectivity index (χ1) is 4.66. The van der Waals surface area contributed by atoms with Crippen LogP contribution in [-0.2, 0) is 18.7 Å². The van der Waals surface area contributed by atoms with Crippen molar-refractivity contribution >= 4 is 8.25 Å². The van der Waals surface area contributed by atoms with Crippen LogP contribution in [0, 0.1) is 0 Å². The van der Waals surface area contributed by atoms with E-state index in [1.165, 1.54) is 0 Å². The summed E-state index contributed by atoms with van der Waals surface area (Å²) in [5, 5.41) is 0. The maximum Gasteiger partial charge on any atom is 0.728 e. The molecule has 0 rings (SSSR count). The highest BCUT2D eigenvalue weighted by atomic mass is 31.1. The van der Waals surface area contributed by atoms with Crippen molar-refractivity contribution in [3.05, 3.63) is 0 Å². The van der Waals surface area contributed by atoms with Gasteiger partial charge < -0.3 is 0 Å². The van der Waals surface area contributed by atoms with Crippen molar-refractivity contribution in [2.24, 2.45) is 0 Å². The lowest BCUT2D eigenvalue weighted by molar-refractivity contribution is -0.237. The topological polar surface area (TPSA) is 44.8 Å². The molecule has 1 unspecified atom stereocenters. The summed E-state index contributed by atoms with van der Waals surface area (Å²) in [5.74, 6) is 0. The minimum absolute atomic E-state index is 0.0978. The highest BCUT2D eigenvalue weighted by molar-refractivity contribution is 7.33. The predicted molar refractivity (Wildman–Crippen MR) is 36.5 cm³/mol. The lowest BCUT2D eigenvalue weighted by Crippen LogP contribution is -1.99. The van der Waals surface area contributed by atoms with Crippen LogP contribution < -0.4 is 0 Å². The first-order valence-corrected chi connectivity index (χ1v) is 4.20. The third-order valence-corrected chi connectivity index (χ3v) is 1.21. The average molecular weight is 167 g/mol. The second kappa shape index (κ2) is 5.74. The molecule has 0 aliphatic carbocycles. The molecule has 0 aromatic carbocycles. The van der Waals surface area contributed by atoms with Crippen LogP contribution in [0.3, 0.4) is 0 Å². The van der Waals surface area contributed by atoms with E-state index in [0.29, 0.717) is 6.61 Å². The highest BCUT2D eigenvalue weighted by Crippen LogP contribution is 2.23. The van der Waals surface area contributed by atoms with Gasteiger partial charge >= 0.3 is 8.25 Å². The molecular weight excluding hydrogens is 155 g/mol. The Labute approximate surface area is 61.3 Å². The van der Waals surface area contributed by atoms with E-state index >= 15 is 0 Å². The van der Waals surface area contributed by atoms with Crippen molar-refractivity contribution in [1.29, 1.82) is 0 Å². The molecule has 1 atom stereocenters. The van der Waals surface area contributed by atoms with Gasteiger partial charge in [0.25, 0.3) is 0 Å². The Morgan fingerprint density at radius 3 is 2.50 bits per heavy atom. The summed E-state index contributed by atoms with van der Waals surface area (Å²) in [6.45, 7) is 5.63. The third kappa shape index (κ3) is 6.11. The summed E-state index contributed by atoms with van der Waals surface area (Å²) in [6.07, 6.45) is -0.0978. The summed E-state index contributed by atoms with van der Waals surface area (Å²) in [7, 11) is -2.09. The second-order valence-electron chi connectivity index (χ2n) is 1.86. The zero-order valence-electron chi connectivity index (χ0n) is 6.36. The molecule has 0 aromatic rings. The maximum atomic E-state index is 10.5. The van der Waals surface area contributed by atoms with Crippen molar-refractivity contribution in [2.75, 3.05) is 6.61 Å². The Hall–Kier alpha value is -0.0200. The molecule has 10 heavy (non-hydrogen) atoms. The second-order valence-corrected chi connectivity index (χ2v) is 2.72. The first-order valence-electron chi connectivity index (χ1n) is 3.10. The van der Waals surface area contributed by atoms with Crippen LogP contribution in [0.25, 0.3) is 0 Å². The van der Waals surface area contributed by atoms with Gasteiger partial charge in [0.15, 0.2) is 0 Å². The Kier molecular flexibility index (Phi) is 5.73. The predicted octanol–water partition coefficient (Wildman–Crippen LogP) is 2.04. The summed E-state index contributed by atoms with van der Waals surface area (Å²) in [5.41, 5.74) is 0. The van der Waals surface area contributed by atoms with E-state index in [1.807, 2.05) is 0 Å².